The third-order valence-electron chi connectivity index (χ3n) is 6.74. The van der Waals surface area contributed by atoms with E-state index in [0.29, 0.717) is 23.5 Å². The van der Waals surface area contributed by atoms with E-state index in [1.54, 1.807) is 6.20 Å². The number of aromatic amines is 2. The van der Waals surface area contributed by atoms with Crippen molar-refractivity contribution in [2.24, 2.45) is 0 Å². The second-order valence-corrected chi connectivity index (χ2v) is 9.46. The van der Waals surface area contributed by atoms with E-state index in [9.17, 15) is 9.90 Å². The van der Waals surface area contributed by atoms with Gasteiger partial charge in [-0.25, -0.2) is 4.98 Å². The van der Waals surface area contributed by atoms with Crippen LogP contribution in [0.25, 0.3) is 22.4 Å². The van der Waals surface area contributed by atoms with Crippen LogP contribution in [0.4, 0.5) is 11.4 Å². The summed E-state index contributed by atoms with van der Waals surface area (Å²) in [4.78, 5) is 26.2. The fraction of sp³-hybridized carbons (Fsp3) is 0.357. The van der Waals surface area contributed by atoms with Gasteiger partial charge in [-0.2, -0.15) is 0 Å². The number of nitrogens with one attached hydrogen (secondary N) is 4. The van der Waals surface area contributed by atoms with Gasteiger partial charge in [0.05, 0.1) is 42.6 Å². The van der Waals surface area contributed by atoms with E-state index in [-0.39, 0.29) is 18.2 Å². The van der Waals surface area contributed by atoms with E-state index < -0.39 is 0 Å². The molecule has 2 aromatic heterocycles. The molecule has 1 atom stereocenters. The third-order valence-corrected chi connectivity index (χ3v) is 6.74. The summed E-state index contributed by atoms with van der Waals surface area (Å²) in [7, 11) is 0. The van der Waals surface area contributed by atoms with Crippen LogP contribution >= 0.6 is 0 Å². The number of imidazole rings is 1. The van der Waals surface area contributed by atoms with Gasteiger partial charge in [0, 0.05) is 38.1 Å². The molecule has 1 aliphatic rings. The summed E-state index contributed by atoms with van der Waals surface area (Å²) in [6.45, 7) is 7.27. The van der Waals surface area contributed by atoms with Crippen molar-refractivity contribution in [1.29, 1.82) is 0 Å². The van der Waals surface area contributed by atoms with E-state index in [1.807, 2.05) is 49.4 Å². The molecule has 0 saturated carbocycles. The fourth-order valence-corrected chi connectivity index (χ4v) is 4.81. The van der Waals surface area contributed by atoms with Gasteiger partial charge in [-0.3, -0.25) is 9.69 Å². The summed E-state index contributed by atoms with van der Waals surface area (Å²) >= 11 is 0. The van der Waals surface area contributed by atoms with Gasteiger partial charge in [0.1, 0.15) is 11.4 Å². The Hall–Kier alpha value is -3.66. The maximum Gasteiger partial charge on any atom is 0.261 e. The molecule has 0 radical (unpaired) electrons. The number of anilines is 2. The number of rotatable bonds is 10. The minimum absolute atomic E-state index is 0.0696. The molecule has 5 N–H and O–H groups in total. The van der Waals surface area contributed by atoms with Gasteiger partial charge < -0.3 is 30.4 Å². The Morgan fingerprint density at radius 3 is 2.76 bits per heavy atom. The highest BCUT2D eigenvalue weighted by Crippen LogP contribution is 2.28. The van der Waals surface area contributed by atoms with Gasteiger partial charge >= 0.3 is 0 Å². The highest BCUT2D eigenvalue weighted by molar-refractivity contribution is 5.87. The first-order valence-corrected chi connectivity index (χ1v) is 12.8. The van der Waals surface area contributed by atoms with Gasteiger partial charge in [0.2, 0.25) is 0 Å². The second-order valence-electron chi connectivity index (χ2n) is 9.46. The number of ether oxygens (including phenoxy) is 1. The molecule has 2 aromatic carbocycles. The number of nitrogens with zero attached hydrogens (tertiary/aromatic N) is 2. The van der Waals surface area contributed by atoms with Crippen molar-refractivity contribution in [1.82, 2.24) is 19.9 Å². The van der Waals surface area contributed by atoms with Crippen LogP contribution in [0, 0.1) is 6.92 Å². The molecule has 1 fully saturated rings. The normalized spacial score (nSPS) is 15.1. The van der Waals surface area contributed by atoms with E-state index in [4.69, 9.17) is 9.72 Å². The van der Waals surface area contributed by atoms with Crippen LogP contribution in [-0.2, 0) is 11.2 Å². The molecule has 1 aliphatic heterocycles. The first-order chi connectivity index (χ1) is 18.1. The van der Waals surface area contributed by atoms with Crippen molar-refractivity contribution in [2.45, 2.75) is 19.4 Å². The zero-order valence-electron chi connectivity index (χ0n) is 21.1. The second kappa shape index (κ2) is 11.6. The van der Waals surface area contributed by atoms with Crippen LogP contribution in [0.15, 0.2) is 59.5 Å². The van der Waals surface area contributed by atoms with Crippen LogP contribution in [-0.4, -0.2) is 77.0 Å². The SMILES string of the molecule is Cc1cc(NCCN2CCOCC2)cc2[nH]c(-c3c(NC(CO)Cc4ccccc4)cc[nH]c3=O)nc12. The maximum atomic E-state index is 12.9. The molecule has 0 amide bonds. The van der Waals surface area contributed by atoms with Gasteiger partial charge in [0.15, 0.2) is 0 Å². The summed E-state index contributed by atoms with van der Waals surface area (Å²) in [5, 5.41) is 16.9. The van der Waals surface area contributed by atoms with Gasteiger partial charge in [-0.15, -0.1) is 0 Å². The van der Waals surface area contributed by atoms with Crippen LogP contribution in [0.3, 0.4) is 0 Å². The van der Waals surface area contributed by atoms with Crippen molar-refractivity contribution in [3.05, 3.63) is 76.2 Å². The molecule has 0 bridgehead atoms. The number of hydrogen-bond acceptors (Lipinski definition) is 7. The quantitative estimate of drug-likeness (QED) is 0.226. The van der Waals surface area contributed by atoms with Crippen molar-refractivity contribution in [2.75, 3.05) is 56.6 Å². The fourth-order valence-electron chi connectivity index (χ4n) is 4.81. The van der Waals surface area contributed by atoms with E-state index in [1.165, 1.54) is 0 Å². The Labute approximate surface area is 215 Å². The van der Waals surface area contributed by atoms with Crippen molar-refractivity contribution in [3.63, 3.8) is 0 Å². The van der Waals surface area contributed by atoms with E-state index in [2.05, 4.69) is 31.6 Å². The number of hydrogen-bond donors (Lipinski definition) is 5. The molecule has 0 spiro atoms. The van der Waals surface area contributed by atoms with Crippen molar-refractivity contribution in [3.8, 4) is 11.4 Å². The number of aryl methyl sites for hydroxylation is 1. The Bertz CT molecular complexity index is 1380. The van der Waals surface area contributed by atoms with Crippen LogP contribution < -0.4 is 16.2 Å². The number of aromatic nitrogens is 3. The predicted octanol–water partition coefficient (Wildman–Crippen LogP) is 2.99. The Morgan fingerprint density at radius 2 is 1.97 bits per heavy atom. The Balaban J connectivity index is 1.37. The lowest BCUT2D eigenvalue weighted by atomic mass is 10.1. The van der Waals surface area contributed by atoms with Gasteiger partial charge in [-0.1, -0.05) is 30.3 Å². The molecule has 4 aromatic rings. The first-order valence-electron chi connectivity index (χ1n) is 12.8. The topological polar surface area (TPSA) is 118 Å². The number of fused-ring (bicyclic) bond motifs is 1. The molecule has 9 nitrogen and oxygen atoms in total. The highest BCUT2D eigenvalue weighted by atomic mass is 16.5. The van der Waals surface area contributed by atoms with Crippen LogP contribution in [0.5, 0.6) is 0 Å². The molecule has 37 heavy (non-hydrogen) atoms. The molecule has 1 saturated heterocycles. The van der Waals surface area contributed by atoms with Crippen LogP contribution in [0.2, 0.25) is 0 Å². The zero-order valence-corrected chi connectivity index (χ0v) is 21.1. The summed E-state index contributed by atoms with van der Waals surface area (Å²) < 4.78 is 5.42. The average molecular weight is 503 g/mol. The number of aliphatic hydroxyl groups is 1. The van der Waals surface area contributed by atoms with Crippen molar-refractivity contribution < 1.29 is 9.84 Å². The third kappa shape index (κ3) is 6.02. The molecule has 0 aliphatic carbocycles. The molecule has 9 heteroatoms. The molecule has 5 rings (SSSR count). The zero-order chi connectivity index (χ0) is 25.6. The lowest BCUT2D eigenvalue weighted by Crippen LogP contribution is -2.39. The smallest absolute Gasteiger partial charge is 0.261 e. The lowest BCUT2D eigenvalue weighted by Gasteiger charge is -2.26. The molecular formula is C28H34N6O3. The summed E-state index contributed by atoms with van der Waals surface area (Å²) in [5.74, 6) is 0.490. The van der Waals surface area contributed by atoms with Gasteiger partial charge in [0.25, 0.3) is 5.56 Å². The number of H-pyrrole nitrogens is 2. The summed E-state index contributed by atoms with van der Waals surface area (Å²) in [6, 6.07) is 15.6. The average Bonchev–Trinajstić information content (AvgIpc) is 3.34. The minimum atomic E-state index is -0.253. The number of benzene rings is 2. The molecule has 194 valence electrons. The van der Waals surface area contributed by atoms with E-state index in [0.717, 1.165) is 67.2 Å². The number of morpholine rings is 1. The number of pyridine rings is 1. The minimum Gasteiger partial charge on any atom is -0.394 e. The predicted molar refractivity (Wildman–Crippen MR) is 147 cm³/mol. The lowest BCUT2D eigenvalue weighted by molar-refractivity contribution is 0.0398. The number of aliphatic hydroxyl groups excluding tert-OH is 1. The first kappa shape index (κ1) is 25.0. The summed E-state index contributed by atoms with van der Waals surface area (Å²) in [5.41, 5.74) is 5.62. The van der Waals surface area contributed by atoms with Crippen molar-refractivity contribution >= 4 is 22.4 Å². The highest BCUT2D eigenvalue weighted by Gasteiger charge is 2.18. The molecular weight excluding hydrogens is 468 g/mol. The Morgan fingerprint density at radius 1 is 1.16 bits per heavy atom. The molecule has 3 heterocycles. The Kier molecular flexibility index (Phi) is 7.84. The van der Waals surface area contributed by atoms with Gasteiger partial charge in [-0.05, 0) is 42.7 Å². The van der Waals surface area contributed by atoms with Crippen LogP contribution in [0.1, 0.15) is 11.1 Å². The maximum absolute atomic E-state index is 12.9. The standard InChI is InChI=1S/C28H34N6O3/c1-19-15-21(29-9-10-34-11-13-37-14-12-34)17-24-26(19)33-27(32-24)25-23(7-8-30-28(25)36)31-22(18-35)16-20-5-3-2-4-6-20/h2-8,15,17,22,29,35H,9-14,16,18H2,1H3,(H,32,33)(H2,30,31,36). The summed E-state index contributed by atoms with van der Waals surface area (Å²) in [6.07, 6.45) is 2.23. The van der Waals surface area contributed by atoms with E-state index >= 15 is 0 Å². The largest absolute Gasteiger partial charge is 0.394 e. The molecule has 1 unspecified atom stereocenters. The monoisotopic (exact) mass is 502 g/mol.